The zero-order chi connectivity index (χ0) is 11.5. The third kappa shape index (κ3) is 2.31. The van der Waals surface area contributed by atoms with Crippen LogP contribution in [0.15, 0.2) is 47.1 Å². The molecule has 0 spiro atoms. The highest BCUT2D eigenvalue weighted by Gasteiger charge is 2.13. The fourth-order valence-corrected chi connectivity index (χ4v) is 1.91. The van der Waals surface area contributed by atoms with Gasteiger partial charge in [0.25, 0.3) is 0 Å². The zero-order valence-electron chi connectivity index (χ0n) is 8.15. The Morgan fingerprint density at radius 2 is 2.06 bits per heavy atom. The molecule has 0 atom stereocenters. The van der Waals surface area contributed by atoms with Crippen molar-refractivity contribution < 1.29 is 4.79 Å². The summed E-state index contributed by atoms with van der Waals surface area (Å²) in [5.41, 5.74) is 0.927. The summed E-state index contributed by atoms with van der Waals surface area (Å²) in [6.07, 6.45) is 1.59. The lowest BCUT2D eigenvalue weighted by Gasteiger charge is -2.03. The van der Waals surface area contributed by atoms with Gasteiger partial charge in [-0.1, -0.05) is 33.6 Å². The Labute approximate surface area is 106 Å². The van der Waals surface area contributed by atoms with Gasteiger partial charge in [-0.2, -0.15) is 0 Å². The number of hydrogen-bond acceptors (Lipinski definition) is 2. The Bertz CT molecular complexity index is 528. The van der Waals surface area contributed by atoms with E-state index in [1.165, 1.54) is 0 Å². The molecular formula is C12H7BrClNO. The lowest BCUT2D eigenvalue weighted by Crippen LogP contribution is -2.04. The number of aromatic nitrogens is 1. The fourth-order valence-electron chi connectivity index (χ4n) is 1.31. The van der Waals surface area contributed by atoms with Crippen molar-refractivity contribution in [3.63, 3.8) is 0 Å². The molecule has 80 valence electrons. The third-order valence-electron chi connectivity index (χ3n) is 2.07. The van der Waals surface area contributed by atoms with Crippen LogP contribution in [0.25, 0.3) is 0 Å². The molecule has 0 radical (unpaired) electrons. The molecule has 0 fully saturated rings. The SMILES string of the molecule is O=C(c1ccccn1)c1cc(Cl)ccc1Br. The van der Waals surface area contributed by atoms with E-state index in [0.29, 0.717) is 20.8 Å². The first kappa shape index (κ1) is 11.3. The van der Waals surface area contributed by atoms with Crippen molar-refractivity contribution in [1.82, 2.24) is 4.98 Å². The van der Waals surface area contributed by atoms with Crippen LogP contribution >= 0.6 is 27.5 Å². The second kappa shape index (κ2) is 4.76. The van der Waals surface area contributed by atoms with Gasteiger partial charge in [0.1, 0.15) is 5.69 Å². The Kier molecular flexibility index (Phi) is 3.36. The quantitative estimate of drug-likeness (QED) is 0.790. The highest BCUT2D eigenvalue weighted by Crippen LogP contribution is 2.23. The van der Waals surface area contributed by atoms with Crippen molar-refractivity contribution in [3.8, 4) is 0 Å². The summed E-state index contributed by atoms with van der Waals surface area (Å²) in [7, 11) is 0. The number of rotatable bonds is 2. The molecule has 1 aromatic heterocycles. The molecule has 0 aliphatic rings. The van der Waals surface area contributed by atoms with E-state index in [9.17, 15) is 4.79 Å². The van der Waals surface area contributed by atoms with Crippen LogP contribution < -0.4 is 0 Å². The van der Waals surface area contributed by atoms with Crippen molar-refractivity contribution in [1.29, 1.82) is 0 Å². The Balaban J connectivity index is 2.46. The number of halogens is 2. The highest BCUT2D eigenvalue weighted by atomic mass is 79.9. The molecule has 0 N–H and O–H groups in total. The first-order chi connectivity index (χ1) is 7.68. The van der Waals surface area contributed by atoms with Gasteiger partial charge in [-0.25, -0.2) is 0 Å². The van der Waals surface area contributed by atoms with E-state index < -0.39 is 0 Å². The van der Waals surface area contributed by atoms with Crippen LogP contribution in [0, 0.1) is 0 Å². The van der Waals surface area contributed by atoms with Gasteiger partial charge in [-0.15, -0.1) is 0 Å². The topological polar surface area (TPSA) is 30.0 Å². The Hall–Kier alpha value is -1.19. The van der Waals surface area contributed by atoms with Crippen LogP contribution in [-0.4, -0.2) is 10.8 Å². The van der Waals surface area contributed by atoms with E-state index in [1.54, 1.807) is 42.6 Å². The van der Waals surface area contributed by atoms with Gasteiger partial charge in [0.15, 0.2) is 0 Å². The predicted octanol–water partition coefficient (Wildman–Crippen LogP) is 3.73. The van der Waals surface area contributed by atoms with Crippen molar-refractivity contribution in [2.24, 2.45) is 0 Å². The summed E-state index contributed by atoms with van der Waals surface area (Å²) >= 11 is 9.18. The number of carbonyl (C=O) groups is 1. The van der Waals surface area contributed by atoms with E-state index in [2.05, 4.69) is 20.9 Å². The van der Waals surface area contributed by atoms with Gasteiger partial charge in [-0.3, -0.25) is 9.78 Å². The maximum Gasteiger partial charge on any atom is 0.212 e. The summed E-state index contributed by atoms with van der Waals surface area (Å²) in [4.78, 5) is 16.1. The van der Waals surface area contributed by atoms with Gasteiger partial charge in [-0.05, 0) is 30.3 Å². The molecule has 2 nitrogen and oxygen atoms in total. The molecule has 0 unspecified atom stereocenters. The number of benzene rings is 1. The molecule has 2 rings (SSSR count). The predicted molar refractivity (Wildman–Crippen MR) is 66.8 cm³/mol. The van der Waals surface area contributed by atoms with Crippen molar-refractivity contribution >= 4 is 33.3 Å². The molecule has 16 heavy (non-hydrogen) atoms. The van der Waals surface area contributed by atoms with Gasteiger partial charge in [0.05, 0.1) is 0 Å². The van der Waals surface area contributed by atoms with E-state index in [0.717, 1.165) is 0 Å². The van der Waals surface area contributed by atoms with E-state index >= 15 is 0 Å². The molecule has 0 saturated heterocycles. The summed E-state index contributed by atoms with van der Waals surface area (Å²) in [5, 5.41) is 0.530. The lowest BCUT2D eigenvalue weighted by atomic mass is 10.1. The molecule has 2 aromatic rings. The average Bonchev–Trinajstić information content (AvgIpc) is 2.32. The molecule has 0 bridgehead atoms. The van der Waals surface area contributed by atoms with Gasteiger partial charge < -0.3 is 0 Å². The summed E-state index contributed by atoms with van der Waals surface area (Å²) in [6, 6.07) is 10.3. The zero-order valence-corrected chi connectivity index (χ0v) is 10.5. The van der Waals surface area contributed by atoms with Gasteiger partial charge in [0, 0.05) is 21.3 Å². The number of ketones is 1. The monoisotopic (exact) mass is 295 g/mol. The molecule has 0 aliphatic carbocycles. The van der Waals surface area contributed by atoms with Crippen LogP contribution in [-0.2, 0) is 0 Å². The Morgan fingerprint density at radius 3 is 2.75 bits per heavy atom. The van der Waals surface area contributed by atoms with Crippen LogP contribution in [0.5, 0.6) is 0 Å². The minimum Gasteiger partial charge on any atom is -0.287 e. The van der Waals surface area contributed by atoms with Crippen molar-refractivity contribution in [3.05, 3.63) is 63.3 Å². The van der Waals surface area contributed by atoms with Gasteiger partial charge >= 0.3 is 0 Å². The highest BCUT2D eigenvalue weighted by molar-refractivity contribution is 9.10. The maximum absolute atomic E-state index is 12.1. The van der Waals surface area contributed by atoms with E-state index in [4.69, 9.17) is 11.6 Å². The van der Waals surface area contributed by atoms with Crippen molar-refractivity contribution in [2.75, 3.05) is 0 Å². The van der Waals surface area contributed by atoms with Crippen LogP contribution in [0.1, 0.15) is 16.1 Å². The summed E-state index contributed by atoms with van der Waals surface area (Å²) < 4.78 is 0.715. The number of hydrogen-bond donors (Lipinski definition) is 0. The smallest absolute Gasteiger partial charge is 0.212 e. The van der Waals surface area contributed by atoms with Gasteiger partial charge in [0.2, 0.25) is 5.78 Å². The number of pyridine rings is 1. The normalized spacial score (nSPS) is 10.1. The van der Waals surface area contributed by atoms with Crippen LogP contribution in [0.2, 0.25) is 5.02 Å². The molecule has 1 aromatic carbocycles. The molecule has 0 amide bonds. The lowest BCUT2D eigenvalue weighted by molar-refractivity contribution is 0.103. The maximum atomic E-state index is 12.1. The second-order valence-corrected chi connectivity index (χ2v) is 4.46. The third-order valence-corrected chi connectivity index (χ3v) is 3.00. The number of nitrogens with zero attached hydrogens (tertiary/aromatic N) is 1. The second-order valence-electron chi connectivity index (χ2n) is 3.17. The first-order valence-electron chi connectivity index (χ1n) is 4.59. The molecule has 4 heteroatoms. The largest absolute Gasteiger partial charge is 0.287 e. The van der Waals surface area contributed by atoms with E-state index in [-0.39, 0.29) is 5.78 Å². The molecule has 0 saturated carbocycles. The minimum absolute atomic E-state index is 0.144. The van der Waals surface area contributed by atoms with Crippen molar-refractivity contribution in [2.45, 2.75) is 0 Å². The summed E-state index contributed by atoms with van der Waals surface area (Å²) in [5.74, 6) is -0.144. The minimum atomic E-state index is -0.144. The Morgan fingerprint density at radius 1 is 1.25 bits per heavy atom. The number of carbonyl (C=O) groups excluding carboxylic acids is 1. The average molecular weight is 297 g/mol. The fraction of sp³-hybridized carbons (Fsp3) is 0. The first-order valence-corrected chi connectivity index (χ1v) is 5.76. The molecule has 0 aliphatic heterocycles. The summed E-state index contributed by atoms with van der Waals surface area (Å²) in [6.45, 7) is 0. The molecular weight excluding hydrogens is 289 g/mol. The van der Waals surface area contributed by atoms with Crippen LogP contribution in [0.3, 0.4) is 0 Å². The van der Waals surface area contributed by atoms with E-state index in [1.807, 2.05) is 0 Å². The molecule has 1 heterocycles. The standard InChI is InChI=1S/C12H7BrClNO/c13-10-5-4-8(14)7-9(10)12(16)11-3-1-2-6-15-11/h1-7H. The van der Waals surface area contributed by atoms with Crippen LogP contribution in [0.4, 0.5) is 0 Å².